The van der Waals surface area contributed by atoms with E-state index in [1.807, 2.05) is 19.9 Å². The zero-order valence-electron chi connectivity index (χ0n) is 14.1. The molecule has 0 atom stereocenters. The molecule has 0 fully saturated rings. The maximum Gasteiger partial charge on any atom is 0.341 e. The summed E-state index contributed by atoms with van der Waals surface area (Å²) >= 11 is 1.41. The van der Waals surface area contributed by atoms with Crippen molar-refractivity contribution in [2.75, 3.05) is 6.61 Å². The lowest BCUT2D eigenvalue weighted by molar-refractivity contribution is 0.0527. The first kappa shape index (κ1) is 17.1. The summed E-state index contributed by atoms with van der Waals surface area (Å²) in [6.07, 6.45) is 2.28. The lowest BCUT2D eigenvalue weighted by atomic mass is 10.1. The summed E-state index contributed by atoms with van der Waals surface area (Å²) in [6, 6.07) is 3.30. The summed E-state index contributed by atoms with van der Waals surface area (Å²) in [4.78, 5) is 17.3. The Bertz CT molecular complexity index is 958. The number of ether oxygens (including phenoxy) is 1. The molecule has 25 heavy (non-hydrogen) atoms. The number of benzene rings is 1. The molecular weight excluding hydrogens is 342 g/mol. The van der Waals surface area contributed by atoms with Crippen molar-refractivity contribution in [3.63, 3.8) is 0 Å². The number of rotatable bonds is 5. The number of fused-ring (bicyclic) bond motifs is 1. The number of nitrogens with zero attached hydrogens (tertiary/aromatic N) is 3. The first-order chi connectivity index (χ1) is 12.0. The molecule has 0 unspecified atom stereocenters. The van der Waals surface area contributed by atoms with Crippen LogP contribution in [0.2, 0.25) is 0 Å². The van der Waals surface area contributed by atoms with Gasteiger partial charge in [-0.1, -0.05) is 12.0 Å². The third kappa shape index (κ3) is 3.39. The van der Waals surface area contributed by atoms with E-state index in [1.54, 1.807) is 13.1 Å². The first-order valence-electron chi connectivity index (χ1n) is 7.83. The lowest BCUT2D eigenvalue weighted by Gasteiger charge is -2.07. The van der Waals surface area contributed by atoms with Crippen molar-refractivity contribution >= 4 is 39.1 Å². The molecule has 130 valence electrons. The van der Waals surface area contributed by atoms with E-state index >= 15 is 0 Å². The Morgan fingerprint density at radius 3 is 2.84 bits per heavy atom. The third-order valence-electron chi connectivity index (χ3n) is 3.50. The third-order valence-corrected chi connectivity index (χ3v) is 4.56. The second-order valence-electron chi connectivity index (χ2n) is 5.27. The minimum Gasteiger partial charge on any atom is -0.507 e. The molecule has 3 aromatic rings. The zero-order chi connectivity index (χ0) is 18.0. The van der Waals surface area contributed by atoms with E-state index in [0.29, 0.717) is 28.0 Å². The maximum absolute atomic E-state index is 12.3. The highest BCUT2D eigenvalue weighted by Gasteiger charge is 2.20. The zero-order valence-corrected chi connectivity index (χ0v) is 14.9. The molecule has 1 aromatic carbocycles. The molecule has 1 N–H and O–H groups in total. The number of phenols is 1. The highest BCUT2D eigenvalue weighted by molar-refractivity contribution is 7.19. The minimum absolute atomic E-state index is 0.00532. The molecule has 0 amide bonds. The SMILES string of the molecule is CCOC(=O)c1cc(O)c2cc(C)sc2c1N=Nc1ncc(CC)o1. The number of aromatic hydroxyl groups is 1. The predicted octanol–water partition coefficient (Wildman–Crippen LogP) is 5.06. The summed E-state index contributed by atoms with van der Waals surface area (Å²) < 4.78 is 11.1. The van der Waals surface area contributed by atoms with Crippen molar-refractivity contribution < 1.29 is 19.1 Å². The van der Waals surface area contributed by atoms with Gasteiger partial charge in [-0.25, -0.2) is 4.79 Å². The molecule has 0 aliphatic heterocycles. The second-order valence-corrected chi connectivity index (χ2v) is 6.53. The molecule has 0 saturated carbocycles. The molecule has 8 heteroatoms. The standard InChI is InChI=1S/C17H17N3O4S/c1-4-10-8-18-17(24-10)20-19-14-12(16(22)23-5-2)7-13(21)11-6-9(3)25-15(11)14/h6-8,21H,4-5H2,1-3H3. The van der Waals surface area contributed by atoms with Gasteiger partial charge in [0.15, 0.2) is 0 Å². The summed E-state index contributed by atoms with van der Waals surface area (Å²) in [5, 5.41) is 19.0. The van der Waals surface area contributed by atoms with Crippen LogP contribution >= 0.6 is 11.3 Å². The van der Waals surface area contributed by atoms with Crippen LogP contribution in [0.3, 0.4) is 0 Å². The van der Waals surface area contributed by atoms with Crippen LogP contribution in [0, 0.1) is 6.92 Å². The number of thiophene rings is 1. The van der Waals surface area contributed by atoms with Crippen molar-refractivity contribution in [3.8, 4) is 5.75 Å². The smallest absolute Gasteiger partial charge is 0.341 e. The maximum atomic E-state index is 12.3. The highest BCUT2D eigenvalue weighted by atomic mass is 32.1. The highest BCUT2D eigenvalue weighted by Crippen LogP contribution is 2.42. The Hall–Kier alpha value is -2.74. The van der Waals surface area contributed by atoms with Crippen LogP contribution < -0.4 is 0 Å². The fourth-order valence-corrected chi connectivity index (χ4v) is 3.37. The van der Waals surface area contributed by atoms with E-state index in [1.165, 1.54) is 17.4 Å². The van der Waals surface area contributed by atoms with Gasteiger partial charge in [-0.2, -0.15) is 4.98 Å². The quantitative estimate of drug-likeness (QED) is 0.507. The number of aromatic nitrogens is 1. The van der Waals surface area contributed by atoms with Crippen LogP contribution in [0.4, 0.5) is 11.7 Å². The molecule has 0 aliphatic rings. The predicted molar refractivity (Wildman–Crippen MR) is 94.2 cm³/mol. The van der Waals surface area contributed by atoms with Crippen LogP contribution in [-0.4, -0.2) is 22.7 Å². The van der Waals surface area contributed by atoms with Crippen molar-refractivity contribution in [1.82, 2.24) is 4.98 Å². The topological polar surface area (TPSA) is 97.3 Å². The average molecular weight is 359 g/mol. The van der Waals surface area contributed by atoms with E-state index in [9.17, 15) is 9.90 Å². The number of hydrogen-bond acceptors (Lipinski definition) is 8. The van der Waals surface area contributed by atoms with Gasteiger partial charge in [0.25, 0.3) is 0 Å². The molecule has 7 nitrogen and oxygen atoms in total. The summed E-state index contributed by atoms with van der Waals surface area (Å²) in [5.41, 5.74) is 0.486. The van der Waals surface area contributed by atoms with Crippen molar-refractivity contribution in [1.29, 1.82) is 0 Å². The van der Waals surface area contributed by atoms with Gasteiger partial charge < -0.3 is 14.3 Å². The van der Waals surface area contributed by atoms with Crippen LogP contribution in [-0.2, 0) is 11.2 Å². The van der Waals surface area contributed by atoms with Crippen molar-refractivity contribution in [2.24, 2.45) is 10.2 Å². The van der Waals surface area contributed by atoms with Gasteiger partial charge in [0.1, 0.15) is 17.2 Å². The van der Waals surface area contributed by atoms with Gasteiger partial charge in [-0.15, -0.1) is 16.5 Å². The molecule has 0 aliphatic carbocycles. The number of phenolic OH excluding ortho intramolecular Hbond substituents is 1. The van der Waals surface area contributed by atoms with Gasteiger partial charge >= 0.3 is 12.0 Å². The molecule has 2 aromatic heterocycles. The molecule has 2 heterocycles. The second kappa shape index (κ2) is 7.02. The Morgan fingerprint density at radius 2 is 2.16 bits per heavy atom. The number of aryl methyl sites for hydroxylation is 2. The van der Waals surface area contributed by atoms with Gasteiger partial charge in [-0.05, 0) is 26.0 Å². The average Bonchev–Trinajstić information content (AvgIpc) is 3.20. The Balaban J connectivity index is 2.14. The number of oxazole rings is 1. The number of carbonyl (C=O) groups is 1. The lowest BCUT2D eigenvalue weighted by Crippen LogP contribution is -2.04. The molecule has 0 saturated heterocycles. The van der Waals surface area contributed by atoms with E-state index in [-0.39, 0.29) is 23.9 Å². The van der Waals surface area contributed by atoms with E-state index in [2.05, 4.69) is 15.2 Å². The van der Waals surface area contributed by atoms with Crippen LogP contribution in [0.15, 0.2) is 33.0 Å². The number of carbonyl (C=O) groups excluding carboxylic acids is 1. The molecule has 0 spiro atoms. The monoisotopic (exact) mass is 359 g/mol. The minimum atomic E-state index is -0.568. The number of esters is 1. The molecule has 3 rings (SSSR count). The normalized spacial score (nSPS) is 11.5. The van der Waals surface area contributed by atoms with Gasteiger partial charge in [0.2, 0.25) is 0 Å². The van der Waals surface area contributed by atoms with Crippen LogP contribution in [0.25, 0.3) is 10.1 Å². The summed E-state index contributed by atoms with van der Waals surface area (Å²) in [5.74, 6) is 0.134. The van der Waals surface area contributed by atoms with Gasteiger partial charge in [-0.3, -0.25) is 0 Å². The van der Waals surface area contributed by atoms with Crippen LogP contribution in [0.5, 0.6) is 5.75 Å². The van der Waals surface area contributed by atoms with Gasteiger partial charge in [0.05, 0.1) is 23.1 Å². The van der Waals surface area contributed by atoms with Crippen molar-refractivity contribution in [2.45, 2.75) is 27.2 Å². The first-order valence-corrected chi connectivity index (χ1v) is 8.64. The largest absolute Gasteiger partial charge is 0.507 e. The Labute approximate surface area is 148 Å². The number of azo groups is 1. The molecule has 0 bridgehead atoms. The van der Waals surface area contributed by atoms with Crippen molar-refractivity contribution in [3.05, 3.63) is 34.5 Å². The van der Waals surface area contributed by atoms with E-state index in [4.69, 9.17) is 9.15 Å². The van der Waals surface area contributed by atoms with E-state index in [0.717, 1.165) is 4.88 Å². The summed E-state index contributed by atoms with van der Waals surface area (Å²) in [7, 11) is 0. The fourth-order valence-electron chi connectivity index (χ4n) is 2.35. The Kier molecular flexibility index (Phi) is 4.80. The van der Waals surface area contributed by atoms with E-state index < -0.39 is 5.97 Å². The Morgan fingerprint density at radius 1 is 1.36 bits per heavy atom. The molecule has 0 radical (unpaired) electrons. The number of hydrogen-bond donors (Lipinski definition) is 1. The fraction of sp³-hybridized carbons (Fsp3) is 0.294. The van der Waals surface area contributed by atoms with Gasteiger partial charge in [0, 0.05) is 16.7 Å². The summed E-state index contributed by atoms with van der Waals surface area (Å²) in [6.45, 7) is 5.79. The van der Waals surface area contributed by atoms with Crippen LogP contribution in [0.1, 0.15) is 34.8 Å². The molecular formula is C17H17N3O4S.